The van der Waals surface area contributed by atoms with E-state index in [1.807, 2.05) is 0 Å². The fourth-order valence-corrected chi connectivity index (χ4v) is 3.96. The zero-order chi connectivity index (χ0) is 17.6. The van der Waals surface area contributed by atoms with E-state index < -0.39 is 0 Å². The van der Waals surface area contributed by atoms with Gasteiger partial charge in [0.25, 0.3) is 5.56 Å². The second-order valence-corrected chi connectivity index (χ2v) is 7.17. The summed E-state index contributed by atoms with van der Waals surface area (Å²) in [4.78, 5) is 21.6. The van der Waals surface area contributed by atoms with Crippen LogP contribution in [0, 0.1) is 4.77 Å². The molecule has 0 amide bonds. The first-order valence-electron chi connectivity index (χ1n) is 9.17. The molecular weight excluding hydrogens is 338 g/mol. The molecule has 1 aliphatic carbocycles. The summed E-state index contributed by atoms with van der Waals surface area (Å²) >= 11 is 5.28. The summed E-state index contributed by atoms with van der Waals surface area (Å²) in [5.74, 6) is -0.0495. The molecule has 3 rings (SSSR count). The van der Waals surface area contributed by atoms with E-state index >= 15 is 0 Å². The Hall–Kier alpha value is -1.51. The second kappa shape index (κ2) is 8.73. The number of rotatable bonds is 5. The van der Waals surface area contributed by atoms with Crippen LogP contribution in [0.5, 0.6) is 5.88 Å². The number of nitrogens with zero attached hydrogens (tertiary/aromatic N) is 3. The minimum absolute atomic E-state index is 0.0495. The minimum atomic E-state index is -0.375. The SMILES string of the molecule is O=c1[nH]c(=S)n(C2CCCCC2)c(O)c1C=NCCN1CCNCC1. The third kappa shape index (κ3) is 4.56. The summed E-state index contributed by atoms with van der Waals surface area (Å²) in [6, 6.07) is 0.158. The summed E-state index contributed by atoms with van der Waals surface area (Å²) in [5.41, 5.74) is -0.167. The van der Waals surface area contributed by atoms with E-state index in [0.29, 0.717) is 11.3 Å². The van der Waals surface area contributed by atoms with Gasteiger partial charge in [0.2, 0.25) is 5.88 Å². The van der Waals surface area contributed by atoms with Gasteiger partial charge >= 0.3 is 0 Å². The molecule has 25 heavy (non-hydrogen) atoms. The summed E-state index contributed by atoms with van der Waals surface area (Å²) in [5, 5.41) is 13.9. The van der Waals surface area contributed by atoms with Crippen LogP contribution in [0.15, 0.2) is 9.79 Å². The molecule has 2 heterocycles. The number of piperazine rings is 1. The number of H-pyrrole nitrogens is 1. The van der Waals surface area contributed by atoms with Gasteiger partial charge in [0, 0.05) is 45.0 Å². The Morgan fingerprint density at radius 3 is 2.68 bits per heavy atom. The molecule has 1 aliphatic heterocycles. The first-order chi connectivity index (χ1) is 12.2. The van der Waals surface area contributed by atoms with E-state index in [9.17, 15) is 9.90 Å². The number of hydrogen-bond acceptors (Lipinski definition) is 6. The Morgan fingerprint density at radius 2 is 1.96 bits per heavy atom. The van der Waals surface area contributed by atoms with Crippen molar-refractivity contribution in [2.45, 2.75) is 38.1 Å². The lowest BCUT2D eigenvalue weighted by molar-refractivity contribution is 0.248. The number of aromatic hydroxyl groups is 1. The lowest BCUT2D eigenvalue weighted by atomic mass is 9.95. The molecule has 0 bridgehead atoms. The van der Waals surface area contributed by atoms with Crippen molar-refractivity contribution in [3.05, 3.63) is 20.7 Å². The molecule has 2 fully saturated rings. The normalized spacial score (nSPS) is 20.3. The van der Waals surface area contributed by atoms with Gasteiger partial charge in [-0.15, -0.1) is 0 Å². The molecule has 0 radical (unpaired) electrons. The predicted octanol–water partition coefficient (Wildman–Crippen LogP) is 1.44. The molecular formula is C17H27N5O2S. The van der Waals surface area contributed by atoms with Gasteiger partial charge in [0.15, 0.2) is 4.77 Å². The molecule has 1 aromatic heterocycles. The summed E-state index contributed by atoms with van der Waals surface area (Å²) < 4.78 is 2.00. The Bertz CT molecular complexity index is 715. The van der Waals surface area contributed by atoms with Crippen LogP contribution in [0.2, 0.25) is 0 Å². The van der Waals surface area contributed by atoms with Crippen molar-refractivity contribution in [1.29, 1.82) is 0 Å². The van der Waals surface area contributed by atoms with E-state index in [0.717, 1.165) is 58.4 Å². The van der Waals surface area contributed by atoms with E-state index in [-0.39, 0.29) is 23.0 Å². The van der Waals surface area contributed by atoms with Crippen LogP contribution in [0.25, 0.3) is 0 Å². The molecule has 0 spiro atoms. The Kier molecular flexibility index (Phi) is 6.39. The lowest BCUT2D eigenvalue weighted by Crippen LogP contribution is -2.44. The van der Waals surface area contributed by atoms with Crippen LogP contribution in [0.4, 0.5) is 0 Å². The highest BCUT2D eigenvalue weighted by Crippen LogP contribution is 2.31. The molecule has 1 aromatic rings. The maximum atomic E-state index is 12.2. The van der Waals surface area contributed by atoms with Gasteiger partial charge in [0.1, 0.15) is 5.56 Å². The standard InChI is InChI=1S/C17H27N5O2S/c23-15-14(12-19-8-11-21-9-6-18-7-10-21)16(24)22(17(25)20-15)13-4-2-1-3-5-13/h12-13,18,24H,1-11H2,(H,20,23,25). The molecule has 0 unspecified atom stereocenters. The van der Waals surface area contributed by atoms with Crippen LogP contribution in [0.3, 0.4) is 0 Å². The van der Waals surface area contributed by atoms with E-state index in [4.69, 9.17) is 12.2 Å². The van der Waals surface area contributed by atoms with E-state index in [2.05, 4.69) is 20.2 Å². The Balaban J connectivity index is 1.72. The van der Waals surface area contributed by atoms with Gasteiger partial charge in [-0.1, -0.05) is 19.3 Å². The number of aliphatic imine (C=N–C) groups is 1. The number of nitrogens with one attached hydrogen (secondary N) is 2. The van der Waals surface area contributed by atoms with Gasteiger partial charge in [-0.25, -0.2) is 0 Å². The van der Waals surface area contributed by atoms with Gasteiger partial charge in [0.05, 0.1) is 6.54 Å². The third-order valence-electron chi connectivity index (χ3n) is 5.07. The number of hydrogen-bond donors (Lipinski definition) is 3. The maximum Gasteiger partial charge on any atom is 0.264 e. The van der Waals surface area contributed by atoms with Crippen LogP contribution >= 0.6 is 12.2 Å². The second-order valence-electron chi connectivity index (χ2n) is 6.79. The van der Waals surface area contributed by atoms with Crippen molar-refractivity contribution in [1.82, 2.24) is 19.8 Å². The zero-order valence-corrected chi connectivity index (χ0v) is 15.4. The fraction of sp³-hybridized carbons (Fsp3) is 0.706. The van der Waals surface area contributed by atoms with Gasteiger partial charge in [-0.2, -0.15) is 0 Å². The Labute approximate surface area is 152 Å². The van der Waals surface area contributed by atoms with Crippen molar-refractivity contribution in [3.8, 4) is 5.88 Å². The van der Waals surface area contributed by atoms with Crippen molar-refractivity contribution < 1.29 is 5.11 Å². The van der Waals surface area contributed by atoms with E-state index in [1.165, 1.54) is 12.6 Å². The summed E-state index contributed by atoms with van der Waals surface area (Å²) in [7, 11) is 0. The smallest absolute Gasteiger partial charge is 0.264 e. The van der Waals surface area contributed by atoms with Crippen molar-refractivity contribution in [3.63, 3.8) is 0 Å². The quantitative estimate of drug-likeness (QED) is 0.543. The largest absolute Gasteiger partial charge is 0.494 e. The maximum absolute atomic E-state index is 12.2. The van der Waals surface area contributed by atoms with Gasteiger partial charge in [-0.3, -0.25) is 24.2 Å². The molecule has 1 saturated carbocycles. The first kappa shape index (κ1) is 18.3. The first-order valence-corrected chi connectivity index (χ1v) is 9.58. The molecule has 1 saturated heterocycles. The molecule has 138 valence electrons. The topological polar surface area (TPSA) is 85.6 Å². The molecule has 3 N–H and O–H groups in total. The van der Waals surface area contributed by atoms with Crippen LogP contribution in [0.1, 0.15) is 43.7 Å². The fourth-order valence-electron chi connectivity index (χ4n) is 3.64. The number of aromatic amines is 1. The van der Waals surface area contributed by atoms with Crippen LogP contribution in [-0.2, 0) is 0 Å². The van der Waals surface area contributed by atoms with Crippen molar-refractivity contribution >= 4 is 18.4 Å². The van der Waals surface area contributed by atoms with Gasteiger partial charge < -0.3 is 10.4 Å². The lowest BCUT2D eigenvalue weighted by Gasteiger charge is -2.26. The highest BCUT2D eigenvalue weighted by atomic mass is 32.1. The van der Waals surface area contributed by atoms with Gasteiger partial charge in [-0.05, 0) is 25.1 Å². The number of aromatic nitrogens is 2. The molecule has 0 aromatic carbocycles. The van der Waals surface area contributed by atoms with Crippen LogP contribution < -0.4 is 10.9 Å². The third-order valence-corrected chi connectivity index (χ3v) is 5.37. The van der Waals surface area contributed by atoms with Crippen molar-refractivity contribution in [2.24, 2.45) is 4.99 Å². The molecule has 8 heteroatoms. The summed E-state index contributed by atoms with van der Waals surface area (Å²) in [6.45, 7) is 5.52. The zero-order valence-electron chi connectivity index (χ0n) is 14.5. The monoisotopic (exact) mass is 365 g/mol. The average Bonchev–Trinajstić information content (AvgIpc) is 2.62. The van der Waals surface area contributed by atoms with Crippen LogP contribution in [-0.4, -0.2) is 65.0 Å². The van der Waals surface area contributed by atoms with Crippen molar-refractivity contribution in [2.75, 3.05) is 39.3 Å². The molecule has 0 atom stereocenters. The average molecular weight is 366 g/mol. The highest BCUT2D eigenvalue weighted by molar-refractivity contribution is 7.71. The highest BCUT2D eigenvalue weighted by Gasteiger charge is 2.21. The Morgan fingerprint density at radius 1 is 1.24 bits per heavy atom. The van der Waals surface area contributed by atoms with E-state index in [1.54, 1.807) is 4.57 Å². The minimum Gasteiger partial charge on any atom is -0.494 e. The molecule has 2 aliphatic rings. The summed E-state index contributed by atoms with van der Waals surface area (Å²) in [6.07, 6.45) is 6.91. The molecule has 7 nitrogen and oxygen atoms in total. The predicted molar refractivity (Wildman–Crippen MR) is 101 cm³/mol.